The summed E-state index contributed by atoms with van der Waals surface area (Å²) < 4.78 is 10.3. The van der Waals surface area contributed by atoms with Crippen LogP contribution >= 0.6 is 0 Å². The van der Waals surface area contributed by atoms with Gasteiger partial charge in [-0.25, -0.2) is 0 Å². The van der Waals surface area contributed by atoms with Crippen LogP contribution in [0.1, 0.15) is 34.1 Å². The Labute approximate surface area is 113 Å². The molecule has 0 aromatic heterocycles. The molecule has 1 atom stereocenters. The van der Waals surface area contributed by atoms with Crippen LogP contribution in [-0.2, 0) is 9.47 Å². The van der Waals surface area contributed by atoms with Crippen molar-refractivity contribution in [2.75, 3.05) is 47.1 Å². The van der Waals surface area contributed by atoms with Crippen molar-refractivity contribution in [2.45, 2.75) is 45.7 Å². The highest BCUT2D eigenvalue weighted by Crippen LogP contribution is 2.08. The van der Waals surface area contributed by atoms with Gasteiger partial charge in [0.05, 0.1) is 13.2 Å². The fraction of sp³-hybridized carbons (Fsp3) is 1.00. The van der Waals surface area contributed by atoms with Gasteiger partial charge in [0.15, 0.2) is 0 Å². The molecule has 1 unspecified atom stereocenters. The molecule has 1 N–H and O–H groups in total. The van der Waals surface area contributed by atoms with E-state index in [9.17, 15) is 0 Å². The predicted molar refractivity (Wildman–Crippen MR) is 77.2 cm³/mol. The van der Waals surface area contributed by atoms with E-state index in [0.29, 0.717) is 6.04 Å². The average molecular weight is 260 g/mol. The highest BCUT2D eigenvalue weighted by molar-refractivity contribution is 4.79. The average Bonchev–Trinajstić information content (AvgIpc) is 2.36. The maximum absolute atomic E-state index is 5.17. The van der Waals surface area contributed by atoms with Crippen molar-refractivity contribution >= 4 is 0 Å². The second-order valence-corrected chi connectivity index (χ2v) is 5.49. The van der Waals surface area contributed by atoms with Crippen LogP contribution in [0.4, 0.5) is 0 Å². The smallest absolute Gasteiger partial charge is 0.0589 e. The first-order chi connectivity index (χ1) is 8.46. The van der Waals surface area contributed by atoms with Crippen molar-refractivity contribution in [3.8, 4) is 0 Å². The summed E-state index contributed by atoms with van der Waals surface area (Å²) in [5.41, 5.74) is 0.211. The highest BCUT2D eigenvalue weighted by atomic mass is 16.5. The minimum absolute atomic E-state index is 0.211. The molecule has 0 heterocycles. The summed E-state index contributed by atoms with van der Waals surface area (Å²) in [6.45, 7) is 13.4. The zero-order valence-corrected chi connectivity index (χ0v) is 13.1. The molecule has 0 amide bonds. The topological polar surface area (TPSA) is 33.7 Å². The van der Waals surface area contributed by atoms with Gasteiger partial charge < -0.3 is 14.8 Å². The van der Waals surface area contributed by atoms with Gasteiger partial charge in [-0.15, -0.1) is 0 Å². The van der Waals surface area contributed by atoms with Crippen LogP contribution in [0.5, 0.6) is 0 Å². The Morgan fingerprint density at radius 3 is 2.00 bits per heavy atom. The molecule has 0 spiro atoms. The molecule has 0 aromatic rings. The van der Waals surface area contributed by atoms with Crippen LogP contribution in [0.3, 0.4) is 0 Å². The predicted octanol–water partition coefficient (Wildman–Crippen LogP) is 1.75. The van der Waals surface area contributed by atoms with Crippen LogP contribution in [0.15, 0.2) is 0 Å². The summed E-state index contributed by atoms with van der Waals surface area (Å²) in [5, 5.41) is 3.62. The van der Waals surface area contributed by atoms with Crippen molar-refractivity contribution in [1.82, 2.24) is 10.2 Å². The normalized spacial score (nSPS) is 14.2. The SMILES string of the molecule is CCC(C)(C)NCC(C)N(CCOC)CCOC. The summed E-state index contributed by atoms with van der Waals surface area (Å²) >= 11 is 0. The van der Waals surface area contributed by atoms with Crippen LogP contribution in [0, 0.1) is 0 Å². The number of hydrogen-bond acceptors (Lipinski definition) is 4. The summed E-state index contributed by atoms with van der Waals surface area (Å²) in [6, 6.07) is 0.487. The van der Waals surface area contributed by atoms with Crippen LogP contribution < -0.4 is 5.32 Å². The Morgan fingerprint density at radius 1 is 1.11 bits per heavy atom. The molecule has 0 saturated carbocycles. The van der Waals surface area contributed by atoms with Crippen LogP contribution in [-0.4, -0.2) is 63.5 Å². The minimum atomic E-state index is 0.211. The lowest BCUT2D eigenvalue weighted by atomic mass is 10.0. The van der Waals surface area contributed by atoms with E-state index < -0.39 is 0 Å². The zero-order valence-electron chi connectivity index (χ0n) is 13.1. The van der Waals surface area contributed by atoms with Crippen molar-refractivity contribution in [3.63, 3.8) is 0 Å². The number of nitrogens with zero attached hydrogens (tertiary/aromatic N) is 1. The molecule has 0 aliphatic carbocycles. The van der Waals surface area contributed by atoms with Crippen molar-refractivity contribution in [1.29, 1.82) is 0 Å². The van der Waals surface area contributed by atoms with Gasteiger partial charge in [0.25, 0.3) is 0 Å². The zero-order chi connectivity index (χ0) is 14.0. The first-order valence-electron chi connectivity index (χ1n) is 6.93. The summed E-state index contributed by atoms with van der Waals surface area (Å²) in [6.07, 6.45) is 1.13. The fourth-order valence-electron chi connectivity index (χ4n) is 1.65. The largest absolute Gasteiger partial charge is 0.383 e. The third kappa shape index (κ3) is 8.03. The molecule has 4 nitrogen and oxygen atoms in total. The van der Waals surface area contributed by atoms with Gasteiger partial charge in [0.1, 0.15) is 0 Å². The number of ether oxygens (including phenoxy) is 2. The summed E-state index contributed by atoms with van der Waals surface area (Å²) in [5.74, 6) is 0. The van der Waals surface area contributed by atoms with Gasteiger partial charge in [-0.3, -0.25) is 4.90 Å². The van der Waals surface area contributed by atoms with E-state index in [0.717, 1.165) is 39.3 Å². The van der Waals surface area contributed by atoms with E-state index >= 15 is 0 Å². The van der Waals surface area contributed by atoms with E-state index in [1.54, 1.807) is 14.2 Å². The van der Waals surface area contributed by atoms with E-state index in [4.69, 9.17) is 9.47 Å². The lowest BCUT2D eigenvalue weighted by molar-refractivity contribution is 0.0891. The first kappa shape index (κ1) is 17.8. The van der Waals surface area contributed by atoms with Gasteiger partial charge in [-0.2, -0.15) is 0 Å². The third-order valence-electron chi connectivity index (χ3n) is 3.55. The Morgan fingerprint density at radius 2 is 1.61 bits per heavy atom. The Kier molecular flexibility index (Phi) is 9.64. The fourth-order valence-corrected chi connectivity index (χ4v) is 1.65. The third-order valence-corrected chi connectivity index (χ3v) is 3.55. The van der Waals surface area contributed by atoms with Crippen LogP contribution in [0.25, 0.3) is 0 Å². The highest BCUT2D eigenvalue weighted by Gasteiger charge is 2.18. The molecule has 0 bridgehead atoms. The van der Waals surface area contributed by atoms with E-state index in [-0.39, 0.29) is 5.54 Å². The second-order valence-electron chi connectivity index (χ2n) is 5.49. The number of rotatable bonds is 11. The minimum Gasteiger partial charge on any atom is -0.383 e. The van der Waals surface area contributed by atoms with Crippen molar-refractivity contribution in [2.24, 2.45) is 0 Å². The van der Waals surface area contributed by atoms with E-state index in [2.05, 4.69) is 37.9 Å². The molecule has 0 saturated heterocycles. The van der Waals surface area contributed by atoms with Crippen LogP contribution in [0.2, 0.25) is 0 Å². The number of nitrogens with one attached hydrogen (secondary N) is 1. The lowest BCUT2D eigenvalue weighted by Gasteiger charge is -2.32. The Balaban J connectivity index is 4.13. The van der Waals surface area contributed by atoms with E-state index in [1.807, 2.05) is 0 Å². The summed E-state index contributed by atoms with van der Waals surface area (Å²) in [7, 11) is 3.50. The van der Waals surface area contributed by atoms with Crippen molar-refractivity contribution < 1.29 is 9.47 Å². The Bertz CT molecular complexity index is 190. The van der Waals surface area contributed by atoms with E-state index in [1.165, 1.54) is 0 Å². The first-order valence-corrected chi connectivity index (χ1v) is 6.93. The molecule has 0 radical (unpaired) electrons. The summed E-state index contributed by atoms with van der Waals surface area (Å²) in [4.78, 5) is 2.41. The monoisotopic (exact) mass is 260 g/mol. The molecule has 0 fully saturated rings. The van der Waals surface area contributed by atoms with Gasteiger partial charge in [0.2, 0.25) is 0 Å². The molecule has 0 aliphatic rings. The second kappa shape index (κ2) is 9.73. The lowest BCUT2D eigenvalue weighted by Crippen LogP contribution is -2.49. The standard InChI is InChI=1S/C14H32N2O2/c1-7-14(3,4)15-12-13(2)16(8-10-17-5)9-11-18-6/h13,15H,7-12H2,1-6H3. The molecule has 4 heteroatoms. The van der Waals surface area contributed by atoms with Gasteiger partial charge in [-0.05, 0) is 27.2 Å². The Hall–Kier alpha value is -0.160. The van der Waals surface area contributed by atoms with Gasteiger partial charge in [0, 0.05) is 45.4 Å². The number of methoxy groups -OCH3 is 2. The van der Waals surface area contributed by atoms with Gasteiger partial charge >= 0.3 is 0 Å². The molecule has 0 rings (SSSR count). The molecule has 0 aliphatic heterocycles. The van der Waals surface area contributed by atoms with Gasteiger partial charge in [-0.1, -0.05) is 6.92 Å². The molecule has 110 valence electrons. The molecule has 18 heavy (non-hydrogen) atoms. The number of hydrogen-bond donors (Lipinski definition) is 1. The maximum Gasteiger partial charge on any atom is 0.0589 e. The molecular weight excluding hydrogens is 228 g/mol. The quantitative estimate of drug-likeness (QED) is 0.614. The maximum atomic E-state index is 5.17. The molecule has 0 aromatic carbocycles. The van der Waals surface area contributed by atoms with Crippen molar-refractivity contribution in [3.05, 3.63) is 0 Å². The molecular formula is C14H32N2O2.